The van der Waals surface area contributed by atoms with E-state index >= 15 is 0 Å². The minimum Gasteiger partial charge on any atom is -0.317 e. The van der Waals surface area contributed by atoms with Gasteiger partial charge in [0.05, 0.1) is 0 Å². The third-order valence-electron chi connectivity index (χ3n) is 3.21. The van der Waals surface area contributed by atoms with Crippen molar-refractivity contribution < 1.29 is 0 Å². The third kappa shape index (κ3) is 4.75. The number of hydrogen-bond donors (Lipinski definition) is 1. The molecule has 0 aliphatic carbocycles. The number of rotatable bonds is 6. The Labute approximate surface area is 99.2 Å². The van der Waals surface area contributed by atoms with Crippen molar-refractivity contribution in [1.82, 2.24) is 10.2 Å². The number of hydrogen-bond acceptors (Lipinski definition) is 3. The van der Waals surface area contributed by atoms with Crippen molar-refractivity contribution in [2.45, 2.75) is 31.9 Å². The van der Waals surface area contributed by atoms with E-state index in [-0.39, 0.29) is 0 Å². The molecular formula is C12H26N2S. The minimum absolute atomic E-state index is 0.410. The third-order valence-corrected chi connectivity index (χ3v) is 4.44. The monoisotopic (exact) mass is 230 g/mol. The smallest absolute Gasteiger partial charge is 0.0227 e. The molecule has 3 heteroatoms. The molecule has 1 aliphatic heterocycles. The van der Waals surface area contributed by atoms with E-state index in [1.165, 1.54) is 32.6 Å². The van der Waals surface area contributed by atoms with Gasteiger partial charge in [-0.1, -0.05) is 6.92 Å². The summed E-state index contributed by atoms with van der Waals surface area (Å²) in [5.41, 5.74) is 0. The van der Waals surface area contributed by atoms with Gasteiger partial charge >= 0.3 is 0 Å². The predicted molar refractivity (Wildman–Crippen MR) is 70.7 cm³/mol. The highest BCUT2D eigenvalue weighted by atomic mass is 32.2. The lowest BCUT2D eigenvalue weighted by molar-refractivity contribution is 0.300. The van der Waals surface area contributed by atoms with Crippen molar-refractivity contribution in [3.63, 3.8) is 0 Å². The standard InChI is InChI=1S/C12H26N2S/c1-5-13-8-11-6-7-14(9-11)10-12(2,3)15-4/h11,13H,5-10H2,1-4H3. The fourth-order valence-corrected chi connectivity index (χ4v) is 2.49. The molecule has 0 spiro atoms. The Hall–Kier alpha value is 0.270. The quantitative estimate of drug-likeness (QED) is 0.752. The molecule has 0 aromatic heterocycles. The molecule has 2 nitrogen and oxygen atoms in total. The van der Waals surface area contributed by atoms with Crippen LogP contribution in [0.5, 0.6) is 0 Å². The van der Waals surface area contributed by atoms with Crippen LogP contribution in [0.3, 0.4) is 0 Å². The number of likely N-dealkylation sites (tertiary alicyclic amines) is 1. The van der Waals surface area contributed by atoms with Crippen LogP contribution in [0.1, 0.15) is 27.2 Å². The predicted octanol–water partition coefficient (Wildman–Crippen LogP) is 2.06. The summed E-state index contributed by atoms with van der Waals surface area (Å²) in [6, 6.07) is 0. The van der Waals surface area contributed by atoms with Gasteiger partial charge in [-0.2, -0.15) is 11.8 Å². The average molecular weight is 230 g/mol. The second-order valence-electron chi connectivity index (χ2n) is 5.16. The van der Waals surface area contributed by atoms with Crippen molar-refractivity contribution >= 4 is 11.8 Å². The first kappa shape index (κ1) is 13.3. The lowest BCUT2D eigenvalue weighted by atomic mass is 10.1. The van der Waals surface area contributed by atoms with Crippen LogP contribution in [-0.2, 0) is 0 Å². The Morgan fingerprint density at radius 1 is 1.47 bits per heavy atom. The Morgan fingerprint density at radius 2 is 2.20 bits per heavy atom. The van der Waals surface area contributed by atoms with Gasteiger partial charge in [0, 0.05) is 17.8 Å². The van der Waals surface area contributed by atoms with Crippen LogP contribution in [0, 0.1) is 5.92 Å². The van der Waals surface area contributed by atoms with Crippen LogP contribution in [0.4, 0.5) is 0 Å². The molecule has 90 valence electrons. The van der Waals surface area contributed by atoms with Gasteiger partial charge in [0.2, 0.25) is 0 Å². The van der Waals surface area contributed by atoms with Crippen LogP contribution in [0.2, 0.25) is 0 Å². The van der Waals surface area contributed by atoms with Crippen LogP contribution in [0.15, 0.2) is 0 Å². The van der Waals surface area contributed by atoms with Crippen molar-refractivity contribution in [2.24, 2.45) is 5.92 Å². The molecule has 15 heavy (non-hydrogen) atoms. The van der Waals surface area contributed by atoms with Gasteiger partial charge in [-0.3, -0.25) is 0 Å². The normalized spacial score (nSPS) is 23.6. The van der Waals surface area contributed by atoms with Crippen molar-refractivity contribution in [3.8, 4) is 0 Å². The zero-order valence-corrected chi connectivity index (χ0v) is 11.5. The molecule has 1 N–H and O–H groups in total. The fraction of sp³-hybridized carbons (Fsp3) is 1.00. The first-order valence-electron chi connectivity index (χ1n) is 6.05. The summed E-state index contributed by atoms with van der Waals surface area (Å²) in [7, 11) is 0. The van der Waals surface area contributed by atoms with Crippen LogP contribution >= 0.6 is 11.8 Å². The van der Waals surface area contributed by atoms with Crippen molar-refractivity contribution in [3.05, 3.63) is 0 Å². The largest absolute Gasteiger partial charge is 0.317 e. The molecule has 1 rings (SSSR count). The SMILES string of the molecule is CCNCC1CCN(CC(C)(C)SC)C1. The second-order valence-corrected chi connectivity index (χ2v) is 6.67. The Morgan fingerprint density at radius 3 is 2.80 bits per heavy atom. The summed E-state index contributed by atoms with van der Waals surface area (Å²) < 4.78 is 0.410. The van der Waals surface area contributed by atoms with E-state index in [0.717, 1.165) is 12.5 Å². The highest BCUT2D eigenvalue weighted by Gasteiger charge is 2.27. The maximum Gasteiger partial charge on any atom is 0.0227 e. The van der Waals surface area contributed by atoms with Gasteiger partial charge < -0.3 is 10.2 Å². The number of nitrogens with one attached hydrogen (secondary N) is 1. The summed E-state index contributed by atoms with van der Waals surface area (Å²) in [5.74, 6) is 0.877. The van der Waals surface area contributed by atoms with Crippen LogP contribution < -0.4 is 5.32 Å². The Bertz CT molecular complexity index is 182. The highest BCUT2D eigenvalue weighted by Crippen LogP contribution is 2.25. The lowest BCUT2D eigenvalue weighted by Crippen LogP contribution is -2.35. The molecule has 1 atom stereocenters. The molecule has 1 fully saturated rings. The maximum atomic E-state index is 3.46. The second kappa shape index (κ2) is 6.12. The van der Waals surface area contributed by atoms with E-state index in [2.05, 4.69) is 37.2 Å². The van der Waals surface area contributed by atoms with Crippen LogP contribution in [-0.4, -0.2) is 48.6 Å². The zero-order valence-electron chi connectivity index (χ0n) is 10.7. The molecule has 0 amide bonds. The molecule has 1 heterocycles. The van der Waals surface area contributed by atoms with E-state index in [0.29, 0.717) is 4.75 Å². The summed E-state index contributed by atoms with van der Waals surface area (Å²) in [6.07, 6.45) is 3.59. The van der Waals surface area contributed by atoms with Gasteiger partial charge in [0.15, 0.2) is 0 Å². The Kier molecular flexibility index (Phi) is 5.44. The van der Waals surface area contributed by atoms with Gasteiger partial charge in [-0.05, 0) is 52.1 Å². The highest BCUT2D eigenvalue weighted by molar-refractivity contribution is 7.99. The first-order valence-corrected chi connectivity index (χ1v) is 7.28. The zero-order chi connectivity index (χ0) is 11.3. The summed E-state index contributed by atoms with van der Waals surface area (Å²) >= 11 is 1.98. The summed E-state index contributed by atoms with van der Waals surface area (Å²) in [5, 5.41) is 3.46. The molecule has 1 aliphatic rings. The van der Waals surface area contributed by atoms with E-state index in [9.17, 15) is 0 Å². The molecule has 1 saturated heterocycles. The Balaban J connectivity index is 2.24. The molecule has 0 saturated carbocycles. The number of thioether (sulfide) groups is 1. The van der Waals surface area contributed by atoms with Gasteiger partial charge in [0.25, 0.3) is 0 Å². The average Bonchev–Trinajstić information content (AvgIpc) is 2.62. The summed E-state index contributed by atoms with van der Waals surface area (Å²) in [4.78, 5) is 2.62. The van der Waals surface area contributed by atoms with E-state index in [1.807, 2.05) is 11.8 Å². The van der Waals surface area contributed by atoms with Gasteiger partial charge in [-0.15, -0.1) is 0 Å². The van der Waals surface area contributed by atoms with Crippen molar-refractivity contribution in [2.75, 3.05) is 39.0 Å². The van der Waals surface area contributed by atoms with Crippen molar-refractivity contribution in [1.29, 1.82) is 0 Å². The first-order chi connectivity index (χ1) is 7.07. The van der Waals surface area contributed by atoms with E-state index in [4.69, 9.17) is 0 Å². The minimum atomic E-state index is 0.410. The van der Waals surface area contributed by atoms with Crippen LogP contribution in [0.25, 0.3) is 0 Å². The van der Waals surface area contributed by atoms with Gasteiger partial charge in [0.1, 0.15) is 0 Å². The van der Waals surface area contributed by atoms with E-state index in [1.54, 1.807) is 0 Å². The van der Waals surface area contributed by atoms with Gasteiger partial charge in [-0.25, -0.2) is 0 Å². The molecular weight excluding hydrogens is 204 g/mol. The maximum absolute atomic E-state index is 3.46. The fourth-order valence-electron chi connectivity index (χ4n) is 2.17. The van der Waals surface area contributed by atoms with E-state index < -0.39 is 0 Å². The molecule has 0 aromatic carbocycles. The number of nitrogens with zero attached hydrogens (tertiary/aromatic N) is 1. The lowest BCUT2D eigenvalue weighted by Gasteiger charge is -2.28. The molecule has 0 radical (unpaired) electrons. The molecule has 0 aromatic rings. The molecule has 0 bridgehead atoms. The molecule has 1 unspecified atom stereocenters. The topological polar surface area (TPSA) is 15.3 Å². The summed E-state index contributed by atoms with van der Waals surface area (Å²) in [6.45, 7) is 13.0.